The Hall–Kier alpha value is -2.71. The average molecular weight is 396 g/mol. The molecule has 2 saturated heterocycles. The Bertz CT molecular complexity index is 1070. The molecule has 1 aromatic carbocycles. The molecular weight excluding hydrogens is 376 g/mol. The Labute approximate surface area is 166 Å². The summed E-state index contributed by atoms with van der Waals surface area (Å²) in [6.07, 6.45) is 3.01. The predicted molar refractivity (Wildman–Crippen MR) is 109 cm³/mol. The van der Waals surface area contributed by atoms with Crippen LogP contribution < -0.4 is 15.0 Å². The van der Waals surface area contributed by atoms with Crippen LogP contribution in [0.4, 0.5) is 10.8 Å². The molecule has 144 valence electrons. The first-order chi connectivity index (χ1) is 13.6. The normalized spacial score (nSPS) is 20.7. The van der Waals surface area contributed by atoms with Gasteiger partial charge in [0.15, 0.2) is 5.13 Å². The maximum atomic E-state index is 12.6. The Balaban J connectivity index is 1.50. The molecule has 0 spiro atoms. The lowest BCUT2D eigenvalue weighted by Gasteiger charge is -2.29. The second-order valence-corrected chi connectivity index (χ2v) is 8.12. The SMILES string of the molecule is COc1ccc(N2C[C@@H]3C[C@H]2CO3)c2sc(NC(=O)c3ccnc(C)c3)nc12. The maximum Gasteiger partial charge on any atom is 0.257 e. The number of hydrogen-bond donors (Lipinski definition) is 1. The molecule has 4 heterocycles. The first-order valence-corrected chi connectivity index (χ1v) is 10.0. The molecule has 1 N–H and O–H groups in total. The van der Waals surface area contributed by atoms with E-state index in [0.717, 1.165) is 41.2 Å². The smallest absolute Gasteiger partial charge is 0.257 e. The second-order valence-electron chi connectivity index (χ2n) is 7.12. The number of nitrogens with zero attached hydrogens (tertiary/aromatic N) is 3. The van der Waals surface area contributed by atoms with Crippen molar-refractivity contribution in [2.45, 2.75) is 25.5 Å². The molecule has 2 bridgehead atoms. The third-order valence-corrected chi connectivity index (χ3v) is 6.29. The molecule has 5 rings (SSSR count). The second kappa shape index (κ2) is 6.72. The first-order valence-electron chi connectivity index (χ1n) is 9.22. The number of carbonyl (C=O) groups is 1. The quantitative estimate of drug-likeness (QED) is 0.730. The van der Waals surface area contributed by atoms with Crippen LogP contribution in [-0.2, 0) is 4.74 Å². The van der Waals surface area contributed by atoms with E-state index in [1.54, 1.807) is 25.4 Å². The van der Waals surface area contributed by atoms with Crippen molar-refractivity contribution >= 4 is 38.3 Å². The highest BCUT2D eigenvalue weighted by Crippen LogP contribution is 2.43. The molecule has 0 aliphatic carbocycles. The number of aryl methyl sites for hydroxylation is 1. The zero-order chi connectivity index (χ0) is 19.3. The molecule has 2 aromatic heterocycles. The van der Waals surface area contributed by atoms with Gasteiger partial charge < -0.3 is 14.4 Å². The lowest BCUT2D eigenvalue weighted by atomic mass is 10.2. The average Bonchev–Trinajstić information content (AvgIpc) is 3.42. The van der Waals surface area contributed by atoms with Crippen LogP contribution in [0.15, 0.2) is 30.5 Å². The third-order valence-electron chi connectivity index (χ3n) is 5.29. The van der Waals surface area contributed by atoms with Crippen molar-refractivity contribution in [1.29, 1.82) is 0 Å². The van der Waals surface area contributed by atoms with Gasteiger partial charge in [-0.1, -0.05) is 11.3 Å². The summed E-state index contributed by atoms with van der Waals surface area (Å²) in [5.41, 5.74) is 3.26. The molecule has 2 fully saturated rings. The number of rotatable bonds is 4. The molecule has 0 radical (unpaired) electrons. The third kappa shape index (κ3) is 2.89. The number of aromatic nitrogens is 2. The number of hydrogen-bond acceptors (Lipinski definition) is 7. The summed E-state index contributed by atoms with van der Waals surface area (Å²) in [7, 11) is 1.64. The van der Waals surface area contributed by atoms with Gasteiger partial charge in [-0.05, 0) is 37.6 Å². The van der Waals surface area contributed by atoms with Crippen molar-refractivity contribution in [3.63, 3.8) is 0 Å². The number of fused-ring (bicyclic) bond motifs is 3. The lowest BCUT2D eigenvalue weighted by molar-refractivity contribution is 0.0992. The van der Waals surface area contributed by atoms with Gasteiger partial charge in [0, 0.05) is 24.0 Å². The van der Waals surface area contributed by atoms with Gasteiger partial charge in [0.2, 0.25) is 0 Å². The van der Waals surface area contributed by atoms with Crippen molar-refractivity contribution in [2.75, 3.05) is 30.5 Å². The van der Waals surface area contributed by atoms with E-state index < -0.39 is 0 Å². The van der Waals surface area contributed by atoms with Gasteiger partial charge in [-0.25, -0.2) is 4.98 Å². The molecule has 3 aromatic rings. The van der Waals surface area contributed by atoms with Crippen LogP contribution in [0.1, 0.15) is 22.5 Å². The van der Waals surface area contributed by atoms with E-state index in [2.05, 4.69) is 26.3 Å². The number of nitrogens with one attached hydrogen (secondary N) is 1. The van der Waals surface area contributed by atoms with Crippen LogP contribution in [0.5, 0.6) is 5.75 Å². The zero-order valence-electron chi connectivity index (χ0n) is 15.6. The summed E-state index contributed by atoms with van der Waals surface area (Å²) in [5.74, 6) is 0.509. The fraction of sp³-hybridized carbons (Fsp3) is 0.350. The van der Waals surface area contributed by atoms with Gasteiger partial charge in [0.1, 0.15) is 11.3 Å². The highest BCUT2D eigenvalue weighted by Gasteiger charge is 2.40. The molecule has 0 saturated carbocycles. The summed E-state index contributed by atoms with van der Waals surface area (Å²) >= 11 is 1.47. The van der Waals surface area contributed by atoms with Crippen molar-refractivity contribution in [1.82, 2.24) is 9.97 Å². The topological polar surface area (TPSA) is 76.6 Å². The molecule has 2 aliphatic heterocycles. The minimum atomic E-state index is -0.196. The highest BCUT2D eigenvalue weighted by atomic mass is 32.1. The van der Waals surface area contributed by atoms with E-state index in [1.807, 2.05) is 13.0 Å². The maximum absolute atomic E-state index is 12.6. The van der Waals surface area contributed by atoms with Crippen LogP contribution in [0.25, 0.3) is 10.2 Å². The van der Waals surface area contributed by atoms with Crippen LogP contribution in [0.2, 0.25) is 0 Å². The van der Waals surface area contributed by atoms with Crippen LogP contribution >= 0.6 is 11.3 Å². The summed E-state index contributed by atoms with van der Waals surface area (Å²) < 4.78 is 12.3. The van der Waals surface area contributed by atoms with Crippen molar-refractivity contribution in [2.24, 2.45) is 0 Å². The minimum absolute atomic E-state index is 0.196. The fourth-order valence-electron chi connectivity index (χ4n) is 3.97. The van der Waals surface area contributed by atoms with Crippen LogP contribution in [-0.4, -0.2) is 48.3 Å². The number of carbonyl (C=O) groups excluding carboxylic acids is 1. The minimum Gasteiger partial charge on any atom is -0.494 e. The predicted octanol–water partition coefficient (Wildman–Crippen LogP) is 3.24. The van der Waals surface area contributed by atoms with E-state index in [0.29, 0.717) is 28.6 Å². The molecule has 28 heavy (non-hydrogen) atoms. The Morgan fingerprint density at radius 2 is 2.29 bits per heavy atom. The Kier molecular flexibility index (Phi) is 4.17. The molecule has 2 atom stereocenters. The largest absolute Gasteiger partial charge is 0.494 e. The standard InChI is InChI=1S/C20H20N4O3S/c1-11-7-12(5-6-21-11)19(25)23-20-22-17-16(26-2)4-3-15(18(17)28-20)24-9-14-8-13(24)10-27-14/h3-7,13-14H,8-10H2,1-2H3,(H,22,23,25)/t13-,14-/m0/s1. The highest BCUT2D eigenvalue weighted by molar-refractivity contribution is 7.23. The van der Waals surface area contributed by atoms with E-state index in [9.17, 15) is 4.79 Å². The number of morpholine rings is 1. The number of methoxy groups -OCH3 is 1. The van der Waals surface area contributed by atoms with E-state index in [4.69, 9.17) is 9.47 Å². The van der Waals surface area contributed by atoms with Crippen molar-refractivity contribution in [3.05, 3.63) is 41.7 Å². The van der Waals surface area contributed by atoms with Gasteiger partial charge in [-0.3, -0.25) is 15.1 Å². The number of thiazole rings is 1. The Morgan fingerprint density at radius 3 is 3.00 bits per heavy atom. The summed E-state index contributed by atoms with van der Waals surface area (Å²) in [4.78, 5) is 23.8. The number of anilines is 2. The number of benzene rings is 1. The summed E-state index contributed by atoms with van der Waals surface area (Å²) in [6, 6.07) is 7.89. The van der Waals surface area contributed by atoms with Gasteiger partial charge in [0.25, 0.3) is 5.91 Å². The summed E-state index contributed by atoms with van der Waals surface area (Å²) in [6.45, 7) is 3.52. The van der Waals surface area contributed by atoms with E-state index in [1.165, 1.54) is 11.3 Å². The lowest BCUT2D eigenvalue weighted by Crippen LogP contribution is -2.36. The molecule has 2 aliphatic rings. The molecule has 7 nitrogen and oxygen atoms in total. The number of ether oxygens (including phenoxy) is 2. The zero-order valence-corrected chi connectivity index (χ0v) is 16.5. The fourth-order valence-corrected chi connectivity index (χ4v) is 4.97. The number of pyridine rings is 1. The van der Waals surface area contributed by atoms with Crippen molar-refractivity contribution in [3.8, 4) is 5.75 Å². The molecule has 0 unspecified atom stereocenters. The molecule has 8 heteroatoms. The van der Waals surface area contributed by atoms with Gasteiger partial charge in [-0.2, -0.15) is 0 Å². The van der Waals surface area contributed by atoms with Crippen molar-refractivity contribution < 1.29 is 14.3 Å². The van der Waals surface area contributed by atoms with Gasteiger partial charge in [-0.15, -0.1) is 0 Å². The Morgan fingerprint density at radius 1 is 1.39 bits per heavy atom. The monoisotopic (exact) mass is 396 g/mol. The summed E-state index contributed by atoms with van der Waals surface area (Å²) in [5, 5.41) is 3.48. The van der Waals surface area contributed by atoms with Gasteiger partial charge in [0.05, 0.1) is 36.2 Å². The molecular formula is C20H20N4O3S. The van der Waals surface area contributed by atoms with Gasteiger partial charge >= 0.3 is 0 Å². The van der Waals surface area contributed by atoms with E-state index in [-0.39, 0.29) is 5.91 Å². The van der Waals surface area contributed by atoms with Crippen LogP contribution in [0, 0.1) is 6.92 Å². The first kappa shape index (κ1) is 17.4. The van der Waals surface area contributed by atoms with Crippen LogP contribution in [0.3, 0.4) is 0 Å². The van der Waals surface area contributed by atoms with E-state index >= 15 is 0 Å². The molecule has 1 amide bonds. The number of amides is 1.